The fourth-order valence-electron chi connectivity index (χ4n) is 4.17. The van der Waals surface area contributed by atoms with Crippen LogP contribution >= 0.6 is 0 Å². The summed E-state index contributed by atoms with van der Waals surface area (Å²) in [5.41, 5.74) is 1.79. The third-order valence-electron chi connectivity index (χ3n) is 5.85. The number of amides is 1. The first-order valence-electron chi connectivity index (χ1n) is 11.2. The summed E-state index contributed by atoms with van der Waals surface area (Å²) in [4.78, 5) is 28.1. The molecular formula is C25H30F2N2O4. The Kier molecular flexibility index (Phi) is 8.91. The van der Waals surface area contributed by atoms with Gasteiger partial charge in [-0.05, 0) is 49.2 Å². The quantitative estimate of drug-likeness (QED) is 0.706. The SMILES string of the molecule is COCC(=O)N1CCCCCCCN(Cc2ccc(F)cc2F)Cc2cc(C(=O)O)ccc21. The normalized spacial score (nSPS) is 15.9. The lowest BCUT2D eigenvalue weighted by Crippen LogP contribution is -2.36. The van der Waals surface area contributed by atoms with E-state index in [-0.39, 0.29) is 24.6 Å². The monoisotopic (exact) mass is 460 g/mol. The van der Waals surface area contributed by atoms with E-state index in [1.54, 1.807) is 17.0 Å². The minimum Gasteiger partial charge on any atom is -0.478 e. The van der Waals surface area contributed by atoms with Gasteiger partial charge in [0.25, 0.3) is 5.91 Å². The number of carbonyl (C=O) groups excluding carboxylic acids is 1. The molecule has 1 heterocycles. The smallest absolute Gasteiger partial charge is 0.335 e. The molecule has 0 bridgehead atoms. The average Bonchev–Trinajstić information content (AvgIpc) is 2.76. The highest BCUT2D eigenvalue weighted by molar-refractivity contribution is 5.96. The van der Waals surface area contributed by atoms with Gasteiger partial charge in [-0.25, -0.2) is 13.6 Å². The van der Waals surface area contributed by atoms with Crippen molar-refractivity contribution < 1.29 is 28.2 Å². The van der Waals surface area contributed by atoms with Crippen LogP contribution in [0.5, 0.6) is 0 Å². The Hall–Kier alpha value is -2.84. The highest BCUT2D eigenvalue weighted by atomic mass is 19.1. The molecule has 1 aliphatic rings. The Bertz CT molecular complexity index is 983. The van der Waals surface area contributed by atoms with Crippen LogP contribution in [0.15, 0.2) is 36.4 Å². The summed E-state index contributed by atoms with van der Waals surface area (Å²) in [6.45, 7) is 1.66. The Labute approximate surface area is 192 Å². The van der Waals surface area contributed by atoms with Crippen molar-refractivity contribution in [3.63, 3.8) is 0 Å². The summed E-state index contributed by atoms with van der Waals surface area (Å²) in [7, 11) is 1.46. The second-order valence-corrected chi connectivity index (χ2v) is 8.34. The molecule has 0 fully saturated rings. The van der Waals surface area contributed by atoms with E-state index < -0.39 is 17.6 Å². The number of carbonyl (C=O) groups is 2. The minimum atomic E-state index is -1.06. The molecule has 0 saturated heterocycles. The van der Waals surface area contributed by atoms with Gasteiger partial charge < -0.3 is 14.7 Å². The van der Waals surface area contributed by atoms with Gasteiger partial charge in [0, 0.05) is 44.1 Å². The number of methoxy groups -OCH3 is 1. The van der Waals surface area contributed by atoms with Gasteiger partial charge >= 0.3 is 5.97 Å². The molecule has 3 rings (SSSR count). The highest BCUT2D eigenvalue weighted by Crippen LogP contribution is 2.27. The maximum atomic E-state index is 14.4. The zero-order valence-corrected chi connectivity index (χ0v) is 18.9. The molecule has 8 heteroatoms. The number of halogens is 2. The number of hydrogen-bond acceptors (Lipinski definition) is 4. The summed E-state index contributed by atoms with van der Waals surface area (Å²) in [6.07, 6.45) is 4.72. The van der Waals surface area contributed by atoms with Crippen molar-refractivity contribution >= 4 is 17.6 Å². The van der Waals surface area contributed by atoms with Crippen LogP contribution in [-0.4, -0.2) is 48.7 Å². The van der Waals surface area contributed by atoms with Crippen LogP contribution in [0.1, 0.15) is 53.6 Å². The first-order chi connectivity index (χ1) is 15.9. The Morgan fingerprint density at radius 1 is 1.00 bits per heavy atom. The summed E-state index contributed by atoms with van der Waals surface area (Å²) in [5, 5.41) is 9.52. The first-order valence-corrected chi connectivity index (χ1v) is 11.2. The van der Waals surface area contributed by atoms with Crippen molar-refractivity contribution in [3.05, 3.63) is 64.7 Å². The fraction of sp³-hybridized carbons (Fsp3) is 0.440. The molecule has 33 heavy (non-hydrogen) atoms. The molecule has 0 aromatic heterocycles. The number of ether oxygens (including phenoxy) is 1. The van der Waals surface area contributed by atoms with E-state index in [0.717, 1.165) is 38.2 Å². The number of rotatable bonds is 5. The molecule has 0 radical (unpaired) electrons. The van der Waals surface area contributed by atoms with Crippen molar-refractivity contribution in [1.29, 1.82) is 0 Å². The van der Waals surface area contributed by atoms with Gasteiger partial charge in [-0.1, -0.05) is 25.3 Å². The van der Waals surface area contributed by atoms with Gasteiger partial charge in [0.15, 0.2) is 0 Å². The molecule has 2 aromatic rings. The number of benzene rings is 2. The van der Waals surface area contributed by atoms with E-state index in [2.05, 4.69) is 0 Å². The van der Waals surface area contributed by atoms with Crippen molar-refractivity contribution in [1.82, 2.24) is 4.90 Å². The van der Waals surface area contributed by atoms with Crippen LogP contribution < -0.4 is 4.90 Å². The van der Waals surface area contributed by atoms with Gasteiger partial charge in [0.2, 0.25) is 0 Å². The van der Waals surface area contributed by atoms with E-state index in [1.807, 2.05) is 4.90 Å². The number of aromatic carboxylic acids is 1. The highest BCUT2D eigenvalue weighted by Gasteiger charge is 2.22. The van der Waals surface area contributed by atoms with Crippen LogP contribution in [0.25, 0.3) is 0 Å². The predicted molar refractivity (Wildman–Crippen MR) is 121 cm³/mol. The topological polar surface area (TPSA) is 70.1 Å². The first kappa shape index (κ1) is 24.8. The Morgan fingerprint density at radius 2 is 1.73 bits per heavy atom. The molecular weight excluding hydrogens is 430 g/mol. The van der Waals surface area contributed by atoms with Crippen LogP contribution in [0.4, 0.5) is 14.5 Å². The average molecular weight is 461 g/mol. The summed E-state index contributed by atoms with van der Waals surface area (Å²) >= 11 is 0. The third-order valence-corrected chi connectivity index (χ3v) is 5.85. The lowest BCUT2D eigenvalue weighted by atomic mass is 10.0. The van der Waals surface area contributed by atoms with Crippen molar-refractivity contribution in [2.45, 2.75) is 45.2 Å². The van der Waals surface area contributed by atoms with E-state index in [0.29, 0.717) is 36.4 Å². The molecule has 1 amide bonds. The predicted octanol–water partition coefficient (Wildman–Crippen LogP) is 4.61. The molecule has 6 nitrogen and oxygen atoms in total. The number of hydrogen-bond donors (Lipinski definition) is 1. The van der Waals surface area contributed by atoms with Crippen LogP contribution in [0, 0.1) is 11.6 Å². The van der Waals surface area contributed by atoms with E-state index >= 15 is 0 Å². The Balaban J connectivity index is 2.00. The maximum Gasteiger partial charge on any atom is 0.335 e. The van der Waals surface area contributed by atoms with E-state index in [1.165, 1.54) is 25.3 Å². The zero-order chi connectivity index (χ0) is 23.8. The summed E-state index contributed by atoms with van der Waals surface area (Å²) in [6, 6.07) is 8.26. The van der Waals surface area contributed by atoms with Crippen molar-refractivity contribution in [2.24, 2.45) is 0 Å². The van der Waals surface area contributed by atoms with Crippen molar-refractivity contribution in [2.75, 3.05) is 31.7 Å². The number of carboxylic acid groups (broad SMARTS) is 1. The van der Waals surface area contributed by atoms with Crippen LogP contribution in [0.3, 0.4) is 0 Å². The molecule has 1 N–H and O–H groups in total. The van der Waals surface area contributed by atoms with Crippen LogP contribution in [-0.2, 0) is 22.6 Å². The van der Waals surface area contributed by atoms with Gasteiger partial charge in [-0.2, -0.15) is 0 Å². The zero-order valence-electron chi connectivity index (χ0n) is 18.9. The minimum absolute atomic E-state index is 0.0787. The second-order valence-electron chi connectivity index (χ2n) is 8.34. The molecule has 2 aromatic carbocycles. The number of nitrogens with zero attached hydrogens (tertiary/aromatic N) is 2. The summed E-state index contributed by atoms with van der Waals surface area (Å²) in [5.74, 6) is -2.50. The van der Waals surface area contributed by atoms with Gasteiger partial charge in [0.1, 0.15) is 18.2 Å². The number of fused-ring (bicyclic) bond motifs is 1. The molecule has 178 valence electrons. The molecule has 0 aliphatic carbocycles. The third kappa shape index (κ3) is 6.82. The van der Waals surface area contributed by atoms with Gasteiger partial charge in [-0.15, -0.1) is 0 Å². The number of anilines is 1. The second kappa shape index (κ2) is 11.9. The molecule has 0 spiro atoms. The Morgan fingerprint density at radius 3 is 2.42 bits per heavy atom. The standard InChI is InChI=1S/C25H30F2N2O4/c1-33-17-24(30)29-12-6-4-2-3-5-11-28(15-19-7-9-21(26)14-22(19)27)16-20-13-18(25(31)32)8-10-23(20)29/h7-10,13-14H,2-6,11-12,15-17H2,1H3,(H,31,32). The largest absolute Gasteiger partial charge is 0.478 e. The fourth-order valence-corrected chi connectivity index (χ4v) is 4.17. The number of carboxylic acids is 1. The van der Waals surface area contributed by atoms with Crippen molar-refractivity contribution in [3.8, 4) is 0 Å². The molecule has 0 atom stereocenters. The van der Waals surface area contributed by atoms with E-state index in [9.17, 15) is 23.5 Å². The molecule has 0 saturated carbocycles. The lowest BCUT2D eigenvalue weighted by molar-refractivity contribution is -0.122. The van der Waals surface area contributed by atoms with Crippen LogP contribution in [0.2, 0.25) is 0 Å². The molecule has 1 aliphatic heterocycles. The summed E-state index contributed by atoms with van der Waals surface area (Å²) < 4.78 is 32.8. The lowest BCUT2D eigenvalue weighted by Gasteiger charge is -2.29. The van der Waals surface area contributed by atoms with E-state index in [4.69, 9.17) is 4.74 Å². The van der Waals surface area contributed by atoms with Gasteiger partial charge in [-0.3, -0.25) is 9.69 Å². The maximum absolute atomic E-state index is 14.4. The van der Waals surface area contributed by atoms with Gasteiger partial charge in [0.05, 0.1) is 5.56 Å². The molecule has 0 unspecified atom stereocenters.